The molecule has 0 bridgehead atoms. The van der Waals surface area contributed by atoms with E-state index in [4.69, 9.17) is 0 Å². The van der Waals surface area contributed by atoms with Crippen molar-refractivity contribution < 1.29 is 9.18 Å². The molecule has 3 aromatic rings. The average molecular weight is 376 g/mol. The molecule has 1 aliphatic carbocycles. The lowest BCUT2D eigenvalue weighted by Gasteiger charge is -2.22. The Morgan fingerprint density at radius 2 is 1.89 bits per heavy atom. The largest absolute Gasteiger partial charge is 0.312 e. The third kappa shape index (κ3) is 3.36. The van der Waals surface area contributed by atoms with Gasteiger partial charge in [0.25, 0.3) is 5.91 Å². The Morgan fingerprint density at radius 1 is 1.15 bits per heavy atom. The quantitative estimate of drug-likeness (QED) is 0.676. The smallest absolute Gasteiger partial charge is 0.259 e. The fraction of sp³-hybridized carbons (Fsp3) is 0.182. The van der Waals surface area contributed by atoms with Crippen LogP contribution >= 0.6 is 11.3 Å². The summed E-state index contributed by atoms with van der Waals surface area (Å²) in [6.07, 6.45) is 2.64. The molecule has 0 saturated heterocycles. The number of nitrogens with zero attached hydrogens (tertiary/aromatic N) is 1. The van der Waals surface area contributed by atoms with Gasteiger partial charge < -0.3 is 5.32 Å². The van der Waals surface area contributed by atoms with Crippen molar-refractivity contribution in [3.63, 3.8) is 0 Å². The summed E-state index contributed by atoms with van der Waals surface area (Å²) in [7, 11) is 0. The van der Waals surface area contributed by atoms with E-state index in [0.29, 0.717) is 16.5 Å². The van der Waals surface area contributed by atoms with Crippen LogP contribution in [-0.2, 0) is 12.8 Å². The molecule has 4 rings (SSSR count). The number of rotatable bonds is 3. The van der Waals surface area contributed by atoms with E-state index in [1.165, 1.54) is 29.0 Å². The summed E-state index contributed by atoms with van der Waals surface area (Å²) in [4.78, 5) is 13.6. The molecule has 2 aromatic carbocycles. The second kappa shape index (κ2) is 7.34. The number of amides is 1. The molecule has 0 aliphatic heterocycles. The van der Waals surface area contributed by atoms with Crippen LogP contribution in [0.3, 0.4) is 0 Å². The molecule has 5 heteroatoms. The van der Waals surface area contributed by atoms with Crippen molar-refractivity contribution >= 4 is 22.2 Å². The number of thiophene rings is 1. The highest BCUT2D eigenvalue weighted by molar-refractivity contribution is 7.16. The topological polar surface area (TPSA) is 52.9 Å². The maximum Gasteiger partial charge on any atom is 0.259 e. The van der Waals surface area contributed by atoms with Gasteiger partial charge in [0.2, 0.25) is 0 Å². The van der Waals surface area contributed by atoms with E-state index in [1.807, 2.05) is 18.2 Å². The molecule has 1 heterocycles. The van der Waals surface area contributed by atoms with E-state index >= 15 is 0 Å². The van der Waals surface area contributed by atoms with E-state index in [1.54, 1.807) is 12.1 Å². The molecule has 0 fully saturated rings. The zero-order valence-electron chi connectivity index (χ0n) is 14.5. The van der Waals surface area contributed by atoms with E-state index in [9.17, 15) is 14.4 Å². The summed E-state index contributed by atoms with van der Waals surface area (Å²) >= 11 is 1.44. The minimum atomic E-state index is -0.570. The molecule has 1 aromatic heterocycles. The van der Waals surface area contributed by atoms with Crippen molar-refractivity contribution in [3.8, 4) is 6.07 Å². The molecule has 134 valence electrons. The lowest BCUT2D eigenvalue weighted by atomic mass is 9.83. The minimum absolute atomic E-state index is 0.0186. The summed E-state index contributed by atoms with van der Waals surface area (Å²) in [6.45, 7) is 0. The number of carbonyl (C=O) groups is 1. The van der Waals surface area contributed by atoms with Gasteiger partial charge in [-0.3, -0.25) is 4.79 Å². The number of anilines is 1. The van der Waals surface area contributed by atoms with Gasteiger partial charge in [-0.1, -0.05) is 42.5 Å². The average Bonchev–Trinajstić information content (AvgIpc) is 3.04. The Bertz CT molecular complexity index is 1040. The van der Waals surface area contributed by atoms with E-state index in [0.717, 1.165) is 29.7 Å². The monoisotopic (exact) mass is 376 g/mol. The van der Waals surface area contributed by atoms with Gasteiger partial charge in [-0.2, -0.15) is 5.26 Å². The number of nitriles is 1. The van der Waals surface area contributed by atoms with Crippen LogP contribution in [0.25, 0.3) is 0 Å². The minimum Gasteiger partial charge on any atom is -0.312 e. The first kappa shape index (κ1) is 17.4. The first-order valence-electron chi connectivity index (χ1n) is 8.83. The van der Waals surface area contributed by atoms with Gasteiger partial charge >= 0.3 is 0 Å². The highest BCUT2D eigenvalue weighted by Gasteiger charge is 2.27. The molecule has 27 heavy (non-hydrogen) atoms. The summed E-state index contributed by atoms with van der Waals surface area (Å²) < 4.78 is 13.9. The molecule has 0 spiro atoms. The third-order valence-electron chi connectivity index (χ3n) is 4.99. The molecule has 0 saturated carbocycles. The standard InChI is InChI=1S/C22H17FN2OS/c23-19-9-5-4-8-17(19)21(26)25-22-18(13-24)16-11-10-15(12-20(16)27-22)14-6-2-1-3-7-14/h1-9,15H,10-12H2,(H,25,26). The van der Waals surface area contributed by atoms with E-state index < -0.39 is 11.7 Å². The Morgan fingerprint density at radius 3 is 2.63 bits per heavy atom. The van der Waals surface area contributed by atoms with Crippen LogP contribution in [0.1, 0.15) is 44.3 Å². The van der Waals surface area contributed by atoms with Crippen LogP contribution in [0.5, 0.6) is 0 Å². The lowest BCUT2D eigenvalue weighted by Crippen LogP contribution is -2.13. The molecule has 1 aliphatic rings. The van der Waals surface area contributed by atoms with Crippen LogP contribution in [0.2, 0.25) is 0 Å². The number of carbonyl (C=O) groups excluding carboxylic acids is 1. The molecule has 0 radical (unpaired) electrons. The van der Waals surface area contributed by atoms with Gasteiger partial charge in [0, 0.05) is 4.88 Å². The van der Waals surface area contributed by atoms with Crippen LogP contribution in [0.4, 0.5) is 9.39 Å². The fourth-order valence-electron chi connectivity index (χ4n) is 3.62. The SMILES string of the molecule is N#Cc1c(NC(=O)c2ccccc2F)sc2c1CCC(c1ccccc1)C2. The lowest BCUT2D eigenvalue weighted by molar-refractivity contribution is 0.102. The van der Waals surface area contributed by atoms with Crippen LogP contribution < -0.4 is 5.32 Å². The first-order valence-corrected chi connectivity index (χ1v) is 9.64. The van der Waals surface area contributed by atoms with Crippen LogP contribution in [-0.4, -0.2) is 5.91 Å². The van der Waals surface area contributed by atoms with Gasteiger partial charge in [0.1, 0.15) is 16.9 Å². The number of nitrogens with one attached hydrogen (secondary N) is 1. The van der Waals surface area contributed by atoms with Gasteiger partial charge in [-0.25, -0.2) is 4.39 Å². The predicted molar refractivity (Wildman–Crippen MR) is 105 cm³/mol. The maximum atomic E-state index is 13.9. The van der Waals surface area contributed by atoms with Crippen molar-refractivity contribution in [3.05, 3.63) is 87.5 Å². The molecular formula is C22H17FN2OS. The zero-order valence-corrected chi connectivity index (χ0v) is 15.4. The van der Waals surface area contributed by atoms with Crippen molar-refractivity contribution in [2.24, 2.45) is 0 Å². The van der Waals surface area contributed by atoms with Gasteiger partial charge in [-0.05, 0) is 48.4 Å². The molecule has 1 N–H and O–H groups in total. The summed E-state index contributed by atoms with van der Waals surface area (Å²) in [5.41, 5.74) is 2.83. The maximum absolute atomic E-state index is 13.9. The zero-order chi connectivity index (χ0) is 18.8. The van der Waals surface area contributed by atoms with Gasteiger partial charge in [0.05, 0.1) is 11.1 Å². The first-order chi connectivity index (χ1) is 13.2. The molecule has 1 amide bonds. The van der Waals surface area contributed by atoms with Crippen molar-refractivity contribution in [1.29, 1.82) is 5.26 Å². The Hall–Kier alpha value is -2.97. The highest BCUT2D eigenvalue weighted by atomic mass is 32.1. The highest BCUT2D eigenvalue weighted by Crippen LogP contribution is 2.42. The van der Waals surface area contributed by atoms with E-state index in [-0.39, 0.29) is 5.56 Å². The van der Waals surface area contributed by atoms with Crippen molar-refractivity contribution in [2.45, 2.75) is 25.2 Å². The number of hydrogen-bond donors (Lipinski definition) is 1. The Balaban J connectivity index is 1.61. The predicted octanol–water partition coefficient (Wildman–Crippen LogP) is 5.28. The Kier molecular flexibility index (Phi) is 4.74. The molecule has 1 unspecified atom stereocenters. The van der Waals surface area contributed by atoms with E-state index in [2.05, 4.69) is 23.5 Å². The number of benzene rings is 2. The van der Waals surface area contributed by atoms with Crippen LogP contribution in [0, 0.1) is 17.1 Å². The van der Waals surface area contributed by atoms with Crippen LogP contribution in [0.15, 0.2) is 54.6 Å². The number of halogens is 1. The van der Waals surface area contributed by atoms with Crippen molar-refractivity contribution in [1.82, 2.24) is 0 Å². The van der Waals surface area contributed by atoms with Gasteiger partial charge in [0.15, 0.2) is 0 Å². The second-order valence-corrected chi connectivity index (χ2v) is 7.71. The third-order valence-corrected chi connectivity index (χ3v) is 6.16. The Labute approximate surface area is 161 Å². The summed E-state index contributed by atoms with van der Waals surface area (Å²) in [5.74, 6) is -0.680. The number of fused-ring (bicyclic) bond motifs is 1. The number of hydrogen-bond acceptors (Lipinski definition) is 3. The summed E-state index contributed by atoms with van der Waals surface area (Å²) in [6, 6.07) is 18.4. The normalized spacial score (nSPS) is 15.6. The summed E-state index contributed by atoms with van der Waals surface area (Å²) in [5, 5.41) is 12.9. The molecule has 1 atom stereocenters. The second-order valence-electron chi connectivity index (χ2n) is 6.60. The van der Waals surface area contributed by atoms with Crippen molar-refractivity contribution in [2.75, 3.05) is 5.32 Å². The molecule has 3 nitrogen and oxygen atoms in total. The molecular weight excluding hydrogens is 359 g/mol. The van der Waals surface area contributed by atoms with Gasteiger partial charge in [-0.15, -0.1) is 11.3 Å². The fourth-order valence-corrected chi connectivity index (χ4v) is 4.89.